The first-order valence-electron chi connectivity index (χ1n) is 11.7. The zero-order valence-electron chi connectivity index (χ0n) is 18.3. The lowest BCUT2D eigenvalue weighted by molar-refractivity contribution is -0.122. The van der Waals surface area contributed by atoms with Crippen LogP contribution in [-0.4, -0.2) is 35.8 Å². The average molecular weight is 387 g/mol. The molecule has 0 aliphatic heterocycles. The van der Waals surface area contributed by atoms with E-state index in [9.17, 15) is 9.59 Å². The predicted octanol–water partition coefficient (Wildman–Crippen LogP) is 5.08. The maximum atomic E-state index is 13.6. The number of nitrogens with zero attached hydrogens (tertiary/aromatic N) is 1. The lowest BCUT2D eigenvalue weighted by atomic mass is 9.51. The molecule has 28 heavy (non-hydrogen) atoms. The quantitative estimate of drug-likeness (QED) is 0.735. The predicted molar refractivity (Wildman–Crippen MR) is 112 cm³/mol. The van der Waals surface area contributed by atoms with Crippen LogP contribution in [-0.2, 0) is 4.79 Å². The average Bonchev–Trinajstić information content (AvgIpc) is 2.98. The molecule has 4 rings (SSSR count). The van der Waals surface area contributed by atoms with Crippen molar-refractivity contribution in [1.29, 1.82) is 0 Å². The van der Waals surface area contributed by atoms with E-state index in [1.54, 1.807) is 0 Å². The molecule has 4 aliphatic carbocycles. The third-order valence-electron chi connectivity index (χ3n) is 8.89. The van der Waals surface area contributed by atoms with Gasteiger partial charge in [0.1, 0.15) is 0 Å². The summed E-state index contributed by atoms with van der Waals surface area (Å²) in [5.74, 6) is 1.59. The van der Waals surface area contributed by atoms with Gasteiger partial charge in [0.25, 0.3) is 0 Å². The summed E-state index contributed by atoms with van der Waals surface area (Å²) in [5.41, 5.74) is 2.75. The molecule has 2 saturated carbocycles. The molecule has 0 heterocycles. The van der Waals surface area contributed by atoms with Crippen molar-refractivity contribution in [3.63, 3.8) is 0 Å². The number of nitrogens with one attached hydrogen (secondary N) is 1. The molecule has 4 heteroatoms. The van der Waals surface area contributed by atoms with Gasteiger partial charge in [-0.15, -0.1) is 0 Å². The number of urea groups is 1. The Morgan fingerprint density at radius 3 is 2.64 bits per heavy atom. The highest BCUT2D eigenvalue weighted by Gasteiger charge is 2.58. The third-order valence-corrected chi connectivity index (χ3v) is 8.89. The summed E-state index contributed by atoms with van der Waals surface area (Å²) in [5, 5.41) is 2.99. The van der Waals surface area contributed by atoms with Gasteiger partial charge in [-0.05, 0) is 69.6 Å². The first kappa shape index (κ1) is 20.0. The Balaban J connectivity index is 1.70. The maximum absolute atomic E-state index is 13.6. The molecule has 1 N–H and O–H groups in total. The first-order chi connectivity index (χ1) is 13.4. The number of rotatable bonds is 3. The molecule has 4 nitrogen and oxygen atoms in total. The fourth-order valence-electron chi connectivity index (χ4n) is 7.60. The lowest BCUT2D eigenvalue weighted by Gasteiger charge is -2.53. The summed E-state index contributed by atoms with van der Waals surface area (Å²) in [6.45, 7) is 10.1. The van der Waals surface area contributed by atoms with Gasteiger partial charge in [-0.2, -0.15) is 0 Å². The minimum Gasteiger partial charge on any atom is -0.338 e. The number of allylic oxidation sites excluding steroid dienone is 2. The fourth-order valence-corrected chi connectivity index (χ4v) is 7.60. The van der Waals surface area contributed by atoms with Crippen LogP contribution in [0.15, 0.2) is 11.1 Å². The Morgan fingerprint density at radius 1 is 1.14 bits per heavy atom. The lowest BCUT2D eigenvalue weighted by Crippen LogP contribution is -2.55. The van der Waals surface area contributed by atoms with Crippen molar-refractivity contribution in [1.82, 2.24) is 10.2 Å². The van der Waals surface area contributed by atoms with Crippen LogP contribution in [0.25, 0.3) is 0 Å². The molecule has 2 fully saturated rings. The van der Waals surface area contributed by atoms with Crippen molar-refractivity contribution >= 4 is 11.8 Å². The number of amides is 2. The van der Waals surface area contributed by atoms with E-state index < -0.39 is 0 Å². The SMILES string of the molecule is CCNC(=O)N(CC)C1CC[C@H]2C3=C(C(=O)C[C@]12C)[C@@]1(C)CCCCC1CC3. The summed E-state index contributed by atoms with van der Waals surface area (Å²) in [6, 6.07) is 0.205. The van der Waals surface area contributed by atoms with Crippen LogP contribution in [0.1, 0.15) is 85.5 Å². The van der Waals surface area contributed by atoms with Crippen LogP contribution in [0.4, 0.5) is 4.79 Å². The minimum absolute atomic E-state index is 0.0343. The molecule has 0 saturated heterocycles. The van der Waals surface area contributed by atoms with Gasteiger partial charge < -0.3 is 10.2 Å². The number of ketones is 1. The van der Waals surface area contributed by atoms with Gasteiger partial charge in [-0.25, -0.2) is 4.79 Å². The van der Waals surface area contributed by atoms with Gasteiger partial charge in [0.15, 0.2) is 5.78 Å². The van der Waals surface area contributed by atoms with Crippen molar-refractivity contribution in [2.24, 2.45) is 22.7 Å². The number of carbonyl (C=O) groups is 2. The van der Waals surface area contributed by atoms with Crippen molar-refractivity contribution in [3.05, 3.63) is 11.1 Å². The summed E-state index contributed by atoms with van der Waals surface area (Å²) in [4.78, 5) is 28.3. The molecule has 0 aromatic rings. The molecule has 0 radical (unpaired) electrons. The molecule has 0 aromatic heterocycles. The summed E-state index contributed by atoms with van der Waals surface area (Å²) >= 11 is 0. The van der Waals surface area contributed by atoms with E-state index in [1.165, 1.54) is 43.3 Å². The highest BCUT2D eigenvalue weighted by molar-refractivity contribution is 5.99. The molecular formula is C24H38N2O2. The third kappa shape index (κ3) is 2.77. The molecule has 4 aliphatic rings. The van der Waals surface area contributed by atoms with Gasteiger partial charge in [-0.1, -0.05) is 32.3 Å². The second-order valence-electron chi connectivity index (χ2n) is 10.2. The van der Waals surface area contributed by atoms with Gasteiger partial charge in [0, 0.05) is 36.5 Å². The zero-order chi connectivity index (χ0) is 20.1. The molecule has 0 bridgehead atoms. The molecule has 2 unspecified atom stereocenters. The maximum Gasteiger partial charge on any atom is 0.317 e. The van der Waals surface area contributed by atoms with E-state index in [2.05, 4.69) is 26.1 Å². The van der Waals surface area contributed by atoms with Crippen molar-refractivity contribution in [3.8, 4) is 0 Å². The number of fused-ring (bicyclic) bond motifs is 4. The van der Waals surface area contributed by atoms with E-state index in [-0.39, 0.29) is 22.9 Å². The Morgan fingerprint density at radius 2 is 1.93 bits per heavy atom. The Hall–Kier alpha value is -1.32. The highest BCUT2D eigenvalue weighted by Crippen LogP contribution is 2.63. The highest BCUT2D eigenvalue weighted by atomic mass is 16.2. The summed E-state index contributed by atoms with van der Waals surface area (Å²) in [7, 11) is 0. The van der Waals surface area contributed by atoms with Crippen LogP contribution < -0.4 is 5.32 Å². The van der Waals surface area contributed by atoms with Crippen molar-refractivity contribution in [2.75, 3.05) is 13.1 Å². The number of carbonyl (C=O) groups excluding carboxylic acids is 2. The van der Waals surface area contributed by atoms with Crippen LogP contribution in [0.3, 0.4) is 0 Å². The second-order valence-corrected chi connectivity index (χ2v) is 10.2. The number of hydrogen-bond donors (Lipinski definition) is 1. The summed E-state index contributed by atoms with van der Waals surface area (Å²) < 4.78 is 0. The standard InChI is InChI=1S/C24H38N2O2/c1-5-25-22(28)26(6-2)20-13-12-18-17-11-10-16-9-7-8-14-23(16,3)21(17)19(27)15-24(18,20)4/h16,18,20H,5-15H2,1-4H3,(H,25,28)/t16?,18-,20?,23-,24-/m0/s1. The van der Waals surface area contributed by atoms with Crippen LogP contribution in [0.5, 0.6) is 0 Å². The topological polar surface area (TPSA) is 49.4 Å². The van der Waals surface area contributed by atoms with E-state index in [1.807, 2.05) is 11.8 Å². The van der Waals surface area contributed by atoms with Gasteiger partial charge in [0.2, 0.25) is 0 Å². The Kier molecular flexibility index (Phi) is 5.12. The van der Waals surface area contributed by atoms with Crippen LogP contribution in [0, 0.1) is 22.7 Å². The molecular weight excluding hydrogens is 348 g/mol. The second kappa shape index (κ2) is 7.18. The minimum atomic E-state index is -0.102. The van der Waals surface area contributed by atoms with E-state index in [0.717, 1.165) is 19.3 Å². The molecule has 0 spiro atoms. The van der Waals surface area contributed by atoms with Gasteiger partial charge in [-0.3, -0.25) is 4.79 Å². The Bertz CT molecular complexity index is 699. The largest absolute Gasteiger partial charge is 0.338 e. The van der Waals surface area contributed by atoms with Crippen LogP contribution >= 0.6 is 0 Å². The molecule has 5 atom stereocenters. The summed E-state index contributed by atoms with van der Waals surface area (Å²) in [6.07, 6.45) is 10.2. The van der Waals surface area contributed by atoms with E-state index >= 15 is 0 Å². The van der Waals surface area contributed by atoms with Crippen molar-refractivity contribution in [2.45, 2.75) is 91.5 Å². The number of Topliss-reactive ketones (excluding diaryl/α,β-unsaturated/α-hetero) is 1. The monoisotopic (exact) mass is 386 g/mol. The zero-order valence-corrected chi connectivity index (χ0v) is 18.3. The van der Waals surface area contributed by atoms with Gasteiger partial charge in [0.05, 0.1) is 0 Å². The molecule has 2 amide bonds. The fraction of sp³-hybridized carbons (Fsp3) is 0.833. The Labute approximate surface area is 170 Å². The van der Waals surface area contributed by atoms with E-state index in [0.29, 0.717) is 37.1 Å². The van der Waals surface area contributed by atoms with Crippen molar-refractivity contribution < 1.29 is 9.59 Å². The number of hydrogen-bond acceptors (Lipinski definition) is 2. The van der Waals surface area contributed by atoms with Crippen LogP contribution in [0.2, 0.25) is 0 Å². The normalized spacial score (nSPS) is 39.9. The molecule has 156 valence electrons. The van der Waals surface area contributed by atoms with E-state index in [4.69, 9.17) is 0 Å². The van der Waals surface area contributed by atoms with Gasteiger partial charge >= 0.3 is 6.03 Å². The molecule has 0 aromatic carbocycles. The smallest absolute Gasteiger partial charge is 0.317 e. The first-order valence-corrected chi connectivity index (χ1v) is 11.7.